The first-order chi connectivity index (χ1) is 6.83. The third kappa shape index (κ3) is 1.67. The quantitative estimate of drug-likeness (QED) is 0.638. The lowest BCUT2D eigenvalue weighted by molar-refractivity contribution is 0.468. The van der Waals surface area contributed by atoms with E-state index in [1.165, 1.54) is 18.2 Å². The predicted octanol–water partition coefficient (Wildman–Crippen LogP) is 2.28. The van der Waals surface area contributed by atoms with Crippen molar-refractivity contribution in [2.24, 2.45) is 0 Å². The maximum absolute atomic E-state index is 13.1. The molecular weight excluding hydrogens is 215 g/mol. The van der Waals surface area contributed by atoms with Crippen LogP contribution in [-0.4, -0.2) is 14.2 Å². The second-order valence-corrected chi connectivity index (χ2v) is 6.67. The summed E-state index contributed by atoms with van der Waals surface area (Å²) in [7, 11) is -3.20. The molecule has 0 saturated heterocycles. The van der Waals surface area contributed by atoms with Gasteiger partial charge in [-0.2, -0.15) is 0 Å². The van der Waals surface area contributed by atoms with Gasteiger partial charge in [-0.15, -0.1) is 0 Å². The molecular formula is C11H13FO2S. The topological polar surface area (TPSA) is 34.1 Å². The van der Waals surface area contributed by atoms with E-state index in [1.54, 1.807) is 0 Å². The van der Waals surface area contributed by atoms with Crippen molar-refractivity contribution in [3.05, 3.63) is 29.6 Å². The van der Waals surface area contributed by atoms with Crippen LogP contribution in [0.25, 0.3) is 0 Å². The van der Waals surface area contributed by atoms with E-state index >= 15 is 0 Å². The SMILES string of the molecule is CC1(C)CCS(=O)(=O)c2ccc(F)cc21. The number of halogens is 1. The van der Waals surface area contributed by atoms with Gasteiger partial charge in [0.15, 0.2) is 9.84 Å². The number of sulfone groups is 1. The largest absolute Gasteiger partial charge is 0.224 e. The zero-order valence-electron chi connectivity index (χ0n) is 8.75. The van der Waals surface area contributed by atoms with Crippen LogP contribution >= 0.6 is 0 Å². The zero-order chi connectivity index (χ0) is 11.3. The molecule has 0 bridgehead atoms. The standard InChI is InChI=1S/C11H13FO2S/c1-11(2)5-6-15(13,14)10-4-3-8(12)7-9(10)11/h3-4,7H,5-6H2,1-2H3. The van der Waals surface area contributed by atoms with Crippen LogP contribution < -0.4 is 0 Å². The number of benzene rings is 1. The molecule has 0 N–H and O–H groups in total. The Hall–Kier alpha value is -0.900. The Labute approximate surface area is 89.0 Å². The smallest absolute Gasteiger partial charge is 0.178 e. The van der Waals surface area contributed by atoms with Gasteiger partial charge in [-0.3, -0.25) is 0 Å². The molecule has 1 aromatic carbocycles. The molecule has 0 atom stereocenters. The van der Waals surface area contributed by atoms with Gasteiger partial charge in [0.05, 0.1) is 10.6 Å². The van der Waals surface area contributed by atoms with Crippen LogP contribution in [0.5, 0.6) is 0 Å². The summed E-state index contributed by atoms with van der Waals surface area (Å²) < 4.78 is 36.6. The molecule has 0 aromatic heterocycles. The number of fused-ring (bicyclic) bond motifs is 1. The maximum Gasteiger partial charge on any atom is 0.178 e. The average molecular weight is 228 g/mol. The van der Waals surface area contributed by atoms with E-state index < -0.39 is 9.84 Å². The van der Waals surface area contributed by atoms with Crippen LogP contribution in [-0.2, 0) is 15.3 Å². The molecule has 0 amide bonds. The molecule has 1 aliphatic rings. The lowest BCUT2D eigenvalue weighted by Gasteiger charge is -2.31. The fourth-order valence-corrected chi connectivity index (χ4v) is 3.88. The van der Waals surface area contributed by atoms with Gasteiger partial charge in [0.25, 0.3) is 0 Å². The third-order valence-electron chi connectivity index (χ3n) is 3.00. The minimum atomic E-state index is -3.20. The highest BCUT2D eigenvalue weighted by molar-refractivity contribution is 7.91. The summed E-state index contributed by atoms with van der Waals surface area (Å²) in [5.74, 6) is -0.225. The average Bonchev–Trinajstić information content (AvgIpc) is 2.13. The third-order valence-corrected chi connectivity index (χ3v) is 4.77. The van der Waals surface area contributed by atoms with Gasteiger partial charge in [0, 0.05) is 0 Å². The Morgan fingerprint density at radius 1 is 1.33 bits per heavy atom. The molecule has 1 aromatic rings. The normalized spacial score (nSPS) is 22.1. The lowest BCUT2D eigenvalue weighted by atomic mass is 9.82. The van der Waals surface area contributed by atoms with Gasteiger partial charge in [-0.05, 0) is 35.6 Å². The van der Waals surface area contributed by atoms with E-state index in [4.69, 9.17) is 0 Å². The van der Waals surface area contributed by atoms with Crippen LogP contribution in [0.15, 0.2) is 23.1 Å². The van der Waals surface area contributed by atoms with Crippen LogP contribution in [0.3, 0.4) is 0 Å². The molecule has 2 rings (SSSR count). The molecule has 15 heavy (non-hydrogen) atoms. The molecule has 2 nitrogen and oxygen atoms in total. The highest BCUT2D eigenvalue weighted by Crippen LogP contribution is 2.38. The van der Waals surface area contributed by atoms with E-state index in [-0.39, 0.29) is 17.0 Å². The summed E-state index contributed by atoms with van der Waals surface area (Å²) in [5, 5.41) is 0. The summed E-state index contributed by atoms with van der Waals surface area (Å²) in [6.45, 7) is 3.89. The molecule has 0 aliphatic carbocycles. The van der Waals surface area contributed by atoms with Gasteiger partial charge in [0.2, 0.25) is 0 Å². The van der Waals surface area contributed by atoms with Crippen LogP contribution in [0.2, 0.25) is 0 Å². The molecule has 0 fully saturated rings. The highest BCUT2D eigenvalue weighted by Gasteiger charge is 2.35. The van der Waals surface area contributed by atoms with Crippen molar-refractivity contribution in [1.82, 2.24) is 0 Å². The number of hydrogen-bond donors (Lipinski definition) is 0. The Morgan fingerprint density at radius 3 is 2.67 bits per heavy atom. The van der Waals surface area contributed by atoms with E-state index in [0.29, 0.717) is 16.9 Å². The molecule has 82 valence electrons. The minimum absolute atomic E-state index is 0.151. The van der Waals surface area contributed by atoms with E-state index in [0.717, 1.165) is 0 Å². The van der Waals surface area contributed by atoms with Crippen molar-refractivity contribution in [3.63, 3.8) is 0 Å². The predicted molar refractivity (Wildman–Crippen MR) is 56.1 cm³/mol. The molecule has 4 heteroatoms. The summed E-state index contributed by atoms with van der Waals surface area (Å²) in [4.78, 5) is 0.292. The molecule has 1 aliphatic heterocycles. The zero-order valence-corrected chi connectivity index (χ0v) is 9.57. The Balaban J connectivity index is 2.76. The first-order valence-electron chi connectivity index (χ1n) is 4.86. The van der Waals surface area contributed by atoms with E-state index in [9.17, 15) is 12.8 Å². The second kappa shape index (κ2) is 3.04. The first-order valence-corrected chi connectivity index (χ1v) is 6.51. The van der Waals surface area contributed by atoms with Gasteiger partial charge < -0.3 is 0 Å². The van der Waals surface area contributed by atoms with Crippen molar-refractivity contribution in [2.75, 3.05) is 5.75 Å². The highest BCUT2D eigenvalue weighted by atomic mass is 32.2. The molecule has 0 spiro atoms. The summed E-state index contributed by atoms with van der Waals surface area (Å²) in [5.41, 5.74) is 0.344. The summed E-state index contributed by atoms with van der Waals surface area (Å²) in [6.07, 6.45) is 0.547. The van der Waals surface area contributed by atoms with Crippen molar-refractivity contribution in [3.8, 4) is 0 Å². The minimum Gasteiger partial charge on any atom is -0.224 e. The fraction of sp³-hybridized carbons (Fsp3) is 0.455. The molecule has 0 radical (unpaired) electrons. The van der Waals surface area contributed by atoms with Gasteiger partial charge in [-0.1, -0.05) is 13.8 Å². The summed E-state index contributed by atoms with van der Waals surface area (Å²) in [6, 6.07) is 3.92. The van der Waals surface area contributed by atoms with Gasteiger partial charge in [-0.25, -0.2) is 12.8 Å². The summed E-state index contributed by atoms with van der Waals surface area (Å²) >= 11 is 0. The van der Waals surface area contributed by atoms with Crippen molar-refractivity contribution < 1.29 is 12.8 Å². The number of hydrogen-bond acceptors (Lipinski definition) is 2. The first kappa shape index (κ1) is 10.6. The van der Waals surface area contributed by atoms with Crippen molar-refractivity contribution in [2.45, 2.75) is 30.6 Å². The molecule has 0 unspecified atom stereocenters. The maximum atomic E-state index is 13.1. The molecule has 1 heterocycles. The van der Waals surface area contributed by atoms with Crippen LogP contribution in [0, 0.1) is 5.82 Å². The fourth-order valence-electron chi connectivity index (χ4n) is 1.94. The Bertz CT molecular complexity index is 503. The monoisotopic (exact) mass is 228 g/mol. The van der Waals surface area contributed by atoms with Crippen molar-refractivity contribution in [1.29, 1.82) is 0 Å². The van der Waals surface area contributed by atoms with E-state index in [1.807, 2.05) is 13.8 Å². The Morgan fingerprint density at radius 2 is 2.00 bits per heavy atom. The van der Waals surface area contributed by atoms with Crippen molar-refractivity contribution >= 4 is 9.84 Å². The van der Waals surface area contributed by atoms with Gasteiger partial charge in [0.1, 0.15) is 5.82 Å². The van der Waals surface area contributed by atoms with Gasteiger partial charge >= 0.3 is 0 Å². The Kier molecular flexibility index (Phi) is 2.15. The van der Waals surface area contributed by atoms with E-state index in [2.05, 4.69) is 0 Å². The molecule has 0 saturated carbocycles. The lowest BCUT2D eigenvalue weighted by Crippen LogP contribution is -2.30. The van der Waals surface area contributed by atoms with Crippen LogP contribution in [0.4, 0.5) is 4.39 Å². The number of rotatable bonds is 0. The van der Waals surface area contributed by atoms with Crippen LogP contribution in [0.1, 0.15) is 25.8 Å². The second-order valence-electron chi connectivity index (χ2n) is 4.59.